The molecular formula is C22H38IN5S. The molecule has 2 fully saturated rings. The van der Waals surface area contributed by atoms with Gasteiger partial charge in [0, 0.05) is 57.3 Å². The molecule has 2 saturated heterocycles. The molecule has 0 saturated carbocycles. The first-order valence-corrected chi connectivity index (χ1v) is 11.8. The maximum atomic E-state index is 4.52. The number of aliphatic imine (C=N–C) groups is 1. The molecule has 1 atom stereocenters. The fourth-order valence-electron chi connectivity index (χ4n) is 3.95. The number of nitrogens with one attached hydrogen (secondary N) is 1. The zero-order valence-electron chi connectivity index (χ0n) is 18.3. The van der Waals surface area contributed by atoms with Gasteiger partial charge in [0.15, 0.2) is 5.96 Å². The van der Waals surface area contributed by atoms with Gasteiger partial charge in [-0.15, -0.1) is 24.0 Å². The molecule has 0 spiro atoms. The van der Waals surface area contributed by atoms with Crippen molar-refractivity contribution in [2.45, 2.75) is 38.1 Å². The molecule has 0 bridgehead atoms. The highest BCUT2D eigenvalue weighted by atomic mass is 127. The molecule has 1 aromatic rings. The number of halogens is 1. The third-order valence-corrected chi connectivity index (χ3v) is 7.17. The van der Waals surface area contributed by atoms with Gasteiger partial charge in [0.25, 0.3) is 0 Å². The Labute approximate surface area is 198 Å². The lowest BCUT2D eigenvalue weighted by Gasteiger charge is -2.34. The van der Waals surface area contributed by atoms with Gasteiger partial charge in [-0.3, -0.25) is 9.89 Å². The second-order valence-corrected chi connectivity index (χ2v) is 9.41. The summed E-state index contributed by atoms with van der Waals surface area (Å²) in [5.74, 6) is 2.23. The molecule has 0 amide bonds. The van der Waals surface area contributed by atoms with Crippen LogP contribution in [-0.4, -0.2) is 85.0 Å². The number of hydrogen-bond donors (Lipinski definition) is 1. The standard InChI is InChI=1S/C22H37N5S.HI/c1-4-21-18-27(14-15-28-21)22(23-2)24-16-19-6-8-20(9-7-19)17-26-11-5-10-25(3)12-13-26;/h6-9,21H,4-5,10-18H2,1-3H3,(H,23,24);1H. The Kier molecular flexibility index (Phi) is 11.1. The van der Waals surface area contributed by atoms with E-state index in [1.807, 2.05) is 7.05 Å². The molecule has 2 heterocycles. The lowest BCUT2D eigenvalue weighted by molar-refractivity contribution is 0.269. The number of rotatable bonds is 5. The van der Waals surface area contributed by atoms with Crippen LogP contribution in [0.15, 0.2) is 29.3 Å². The summed E-state index contributed by atoms with van der Waals surface area (Å²) in [4.78, 5) is 11.9. The van der Waals surface area contributed by atoms with Gasteiger partial charge in [-0.2, -0.15) is 11.8 Å². The normalized spacial score (nSPS) is 22.1. The molecule has 1 unspecified atom stereocenters. The second-order valence-electron chi connectivity index (χ2n) is 8.00. The summed E-state index contributed by atoms with van der Waals surface area (Å²) in [6.07, 6.45) is 2.50. The third kappa shape index (κ3) is 7.92. The van der Waals surface area contributed by atoms with Crippen molar-refractivity contribution in [3.63, 3.8) is 0 Å². The van der Waals surface area contributed by atoms with Gasteiger partial charge < -0.3 is 15.1 Å². The summed E-state index contributed by atoms with van der Waals surface area (Å²) in [5.41, 5.74) is 2.73. The predicted molar refractivity (Wildman–Crippen MR) is 138 cm³/mol. The molecule has 0 aliphatic carbocycles. The Hall–Kier alpha value is -0.510. The van der Waals surface area contributed by atoms with E-state index in [0.717, 1.165) is 37.4 Å². The molecule has 0 radical (unpaired) electrons. The molecule has 29 heavy (non-hydrogen) atoms. The predicted octanol–water partition coefficient (Wildman–Crippen LogP) is 3.34. The minimum absolute atomic E-state index is 0. The van der Waals surface area contributed by atoms with E-state index in [2.05, 4.69) is 75.0 Å². The van der Waals surface area contributed by atoms with Crippen LogP contribution < -0.4 is 5.32 Å². The smallest absolute Gasteiger partial charge is 0.193 e. The minimum atomic E-state index is 0. The van der Waals surface area contributed by atoms with Gasteiger partial charge in [0.2, 0.25) is 0 Å². The lowest BCUT2D eigenvalue weighted by Crippen LogP contribution is -2.47. The third-order valence-electron chi connectivity index (χ3n) is 5.80. The van der Waals surface area contributed by atoms with Gasteiger partial charge in [-0.1, -0.05) is 31.2 Å². The van der Waals surface area contributed by atoms with E-state index in [4.69, 9.17) is 0 Å². The van der Waals surface area contributed by atoms with Crippen molar-refractivity contribution in [3.05, 3.63) is 35.4 Å². The SMILES string of the molecule is CCC1CN(C(=NC)NCc2ccc(CN3CCCN(C)CC3)cc2)CCS1.I. The molecule has 5 nitrogen and oxygen atoms in total. The van der Waals surface area contributed by atoms with Crippen LogP contribution in [-0.2, 0) is 13.1 Å². The van der Waals surface area contributed by atoms with E-state index >= 15 is 0 Å². The lowest BCUT2D eigenvalue weighted by atomic mass is 10.1. The Bertz CT molecular complexity index is 624. The van der Waals surface area contributed by atoms with Crippen LogP contribution >= 0.6 is 35.7 Å². The fourth-order valence-corrected chi connectivity index (χ4v) is 5.13. The molecule has 164 valence electrons. The first-order chi connectivity index (χ1) is 13.7. The molecule has 1 aromatic carbocycles. The number of hydrogen-bond acceptors (Lipinski definition) is 4. The van der Waals surface area contributed by atoms with E-state index in [0.29, 0.717) is 0 Å². The average Bonchev–Trinajstić information content (AvgIpc) is 2.94. The molecular weight excluding hydrogens is 493 g/mol. The summed E-state index contributed by atoms with van der Waals surface area (Å²) in [5, 5.41) is 4.29. The van der Waals surface area contributed by atoms with Crippen LogP contribution in [0.1, 0.15) is 30.9 Å². The quantitative estimate of drug-likeness (QED) is 0.358. The highest BCUT2D eigenvalue weighted by Crippen LogP contribution is 2.21. The number of thioether (sulfide) groups is 1. The molecule has 3 rings (SSSR count). The van der Waals surface area contributed by atoms with Crippen LogP contribution in [0.2, 0.25) is 0 Å². The second kappa shape index (κ2) is 13.0. The topological polar surface area (TPSA) is 34.1 Å². The monoisotopic (exact) mass is 531 g/mol. The van der Waals surface area contributed by atoms with Gasteiger partial charge in [-0.05, 0) is 44.1 Å². The van der Waals surface area contributed by atoms with Crippen molar-refractivity contribution in [1.82, 2.24) is 20.0 Å². The van der Waals surface area contributed by atoms with Crippen molar-refractivity contribution in [3.8, 4) is 0 Å². The maximum absolute atomic E-state index is 4.52. The van der Waals surface area contributed by atoms with Gasteiger partial charge in [0.05, 0.1) is 0 Å². The van der Waals surface area contributed by atoms with E-state index in [1.54, 1.807) is 0 Å². The van der Waals surface area contributed by atoms with E-state index in [1.165, 1.54) is 55.9 Å². The van der Waals surface area contributed by atoms with Crippen LogP contribution in [0.4, 0.5) is 0 Å². The summed E-state index contributed by atoms with van der Waals surface area (Å²) < 4.78 is 0. The maximum Gasteiger partial charge on any atom is 0.193 e. The van der Waals surface area contributed by atoms with E-state index in [-0.39, 0.29) is 24.0 Å². The van der Waals surface area contributed by atoms with Gasteiger partial charge in [-0.25, -0.2) is 0 Å². The highest BCUT2D eigenvalue weighted by molar-refractivity contribution is 14.0. The van der Waals surface area contributed by atoms with E-state index < -0.39 is 0 Å². The van der Waals surface area contributed by atoms with Crippen molar-refractivity contribution < 1.29 is 0 Å². The molecule has 2 aliphatic rings. The summed E-state index contributed by atoms with van der Waals surface area (Å²) in [6.45, 7) is 11.1. The van der Waals surface area contributed by atoms with Crippen LogP contribution in [0, 0.1) is 0 Å². The molecule has 7 heteroatoms. The number of likely N-dealkylation sites (N-methyl/N-ethyl adjacent to an activating group) is 1. The molecule has 1 N–H and O–H groups in total. The zero-order chi connectivity index (χ0) is 19.8. The first-order valence-electron chi connectivity index (χ1n) is 10.7. The van der Waals surface area contributed by atoms with Crippen molar-refractivity contribution in [1.29, 1.82) is 0 Å². The Balaban J connectivity index is 0.00000300. The largest absolute Gasteiger partial charge is 0.352 e. The summed E-state index contributed by atoms with van der Waals surface area (Å²) in [6, 6.07) is 9.11. The number of nitrogens with zero attached hydrogens (tertiary/aromatic N) is 4. The number of benzene rings is 1. The van der Waals surface area contributed by atoms with Crippen molar-refractivity contribution in [2.75, 3.05) is 59.1 Å². The minimum Gasteiger partial charge on any atom is -0.352 e. The van der Waals surface area contributed by atoms with Gasteiger partial charge in [0.1, 0.15) is 0 Å². The number of guanidine groups is 1. The summed E-state index contributed by atoms with van der Waals surface area (Å²) >= 11 is 2.10. The van der Waals surface area contributed by atoms with Gasteiger partial charge >= 0.3 is 0 Å². The first kappa shape index (κ1) is 24.8. The fraction of sp³-hybridized carbons (Fsp3) is 0.682. The Morgan fingerprint density at radius 3 is 2.59 bits per heavy atom. The van der Waals surface area contributed by atoms with Crippen LogP contribution in [0.25, 0.3) is 0 Å². The van der Waals surface area contributed by atoms with Crippen LogP contribution in [0.3, 0.4) is 0 Å². The molecule has 0 aromatic heterocycles. The van der Waals surface area contributed by atoms with Crippen molar-refractivity contribution in [2.24, 2.45) is 4.99 Å². The summed E-state index contributed by atoms with van der Waals surface area (Å²) in [7, 11) is 4.12. The molecule has 2 aliphatic heterocycles. The zero-order valence-corrected chi connectivity index (χ0v) is 21.4. The average molecular weight is 532 g/mol. The van der Waals surface area contributed by atoms with Crippen LogP contribution in [0.5, 0.6) is 0 Å². The highest BCUT2D eigenvalue weighted by Gasteiger charge is 2.21. The Morgan fingerprint density at radius 2 is 1.86 bits per heavy atom. The Morgan fingerprint density at radius 1 is 1.10 bits per heavy atom. The van der Waals surface area contributed by atoms with Crippen molar-refractivity contribution >= 4 is 41.7 Å². The van der Waals surface area contributed by atoms with E-state index in [9.17, 15) is 0 Å².